The van der Waals surface area contributed by atoms with Gasteiger partial charge in [-0.1, -0.05) is 0 Å². The summed E-state index contributed by atoms with van der Waals surface area (Å²) in [5, 5.41) is 40.3. The van der Waals surface area contributed by atoms with E-state index >= 15 is 0 Å². The van der Waals surface area contributed by atoms with Gasteiger partial charge in [-0.15, -0.1) is 0 Å². The van der Waals surface area contributed by atoms with E-state index in [4.69, 9.17) is 5.11 Å². The number of piperidine rings is 1. The summed E-state index contributed by atoms with van der Waals surface area (Å²) in [6.45, 7) is -0.858. The summed E-state index contributed by atoms with van der Waals surface area (Å²) < 4.78 is 35.9. The topological polar surface area (TPSA) is 139 Å². The molecular weight excluding hydrogens is 277 g/mol. The van der Waals surface area contributed by atoms with E-state index in [9.17, 15) is 38.1 Å². The van der Waals surface area contributed by atoms with E-state index in [0.717, 1.165) is 0 Å². The van der Waals surface area contributed by atoms with Crippen LogP contribution >= 0.6 is 0 Å². The lowest BCUT2D eigenvalue weighted by Crippen LogP contribution is -2.73. The maximum absolute atomic E-state index is 12.0. The van der Waals surface area contributed by atoms with E-state index in [2.05, 4.69) is 0 Å². The molecule has 1 heterocycles. The Labute approximate surface area is 103 Å². The van der Waals surface area contributed by atoms with Crippen LogP contribution in [0.4, 0.5) is 13.2 Å². The van der Waals surface area contributed by atoms with Crippen LogP contribution in [0.2, 0.25) is 0 Å². The molecular formula is C8H11F3N2O6. The number of carbonyl (C=O) groups is 2. The summed E-state index contributed by atoms with van der Waals surface area (Å²) in [4.78, 5) is 21.3. The van der Waals surface area contributed by atoms with Crippen LogP contribution in [0.25, 0.3) is 0 Å². The zero-order valence-electron chi connectivity index (χ0n) is 9.18. The molecule has 0 aromatic carbocycles. The average Bonchev–Trinajstić information content (AvgIpc) is 2.28. The highest BCUT2D eigenvalue weighted by Crippen LogP contribution is 2.21. The molecule has 4 atom stereocenters. The summed E-state index contributed by atoms with van der Waals surface area (Å²) >= 11 is 0. The van der Waals surface area contributed by atoms with E-state index in [0.29, 0.717) is 0 Å². The van der Waals surface area contributed by atoms with Gasteiger partial charge in [0, 0.05) is 6.54 Å². The fourth-order valence-corrected chi connectivity index (χ4v) is 1.52. The second-order valence-electron chi connectivity index (χ2n) is 3.99. The molecule has 6 N–H and O–H groups in total. The van der Waals surface area contributed by atoms with Crippen molar-refractivity contribution in [2.24, 2.45) is 0 Å². The minimum absolute atomic E-state index is 0.858. The molecule has 1 aliphatic heterocycles. The minimum Gasteiger partial charge on any atom is -0.479 e. The van der Waals surface area contributed by atoms with Crippen LogP contribution in [0.15, 0.2) is 0 Å². The molecule has 110 valence electrons. The number of aliphatic hydroxyl groups is 3. The first-order valence-electron chi connectivity index (χ1n) is 4.93. The standard InChI is InChI=1S/C8H11F3N2O6/c9-8(10,11)5(16)13-4-2(14)3(15)7(19,1-12-4)6(17)18/h2-4,12,14-15,19H,1H2,(H,13,16)(H,17,18)/t2-,3+,4+,7+/m0/s1. The van der Waals surface area contributed by atoms with Crippen molar-refractivity contribution in [1.82, 2.24) is 10.6 Å². The second-order valence-corrected chi connectivity index (χ2v) is 3.99. The highest BCUT2D eigenvalue weighted by Gasteiger charge is 2.54. The molecule has 1 rings (SSSR count). The largest absolute Gasteiger partial charge is 0.479 e. The maximum Gasteiger partial charge on any atom is 0.471 e. The van der Waals surface area contributed by atoms with E-state index in [1.54, 1.807) is 0 Å². The number of amides is 1. The lowest BCUT2D eigenvalue weighted by atomic mass is 9.87. The molecule has 11 heteroatoms. The summed E-state index contributed by atoms with van der Waals surface area (Å²) in [5.41, 5.74) is -2.77. The molecule has 0 aromatic rings. The van der Waals surface area contributed by atoms with Gasteiger partial charge >= 0.3 is 18.1 Å². The lowest BCUT2D eigenvalue weighted by Gasteiger charge is -2.41. The van der Waals surface area contributed by atoms with Crippen LogP contribution in [0.3, 0.4) is 0 Å². The fourth-order valence-electron chi connectivity index (χ4n) is 1.52. The quantitative estimate of drug-likeness (QED) is 0.321. The van der Waals surface area contributed by atoms with Crippen LogP contribution in [-0.4, -0.2) is 69.0 Å². The number of carboxylic acids is 1. The second kappa shape index (κ2) is 4.92. The van der Waals surface area contributed by atoms with Gasteiger partial charge in [-0.2, -0.15) is 13.2 Å². The van der Waals surface area contributed by atoms with Gasteiger partial charge in [0.1, 0.15) is 18.4 Å². The zero-order chi connectivity index (χ0) is 15.0. The highest BCUT2D eigenvalue weighted by atomic mass is 19.4. The molecule has 0 saturated carbocycles. The summed E-state index contributed by atoms with van der Waals surface area (Å²) in [5.74, 6) is -4.25. The third kappa shape index (κ3) is 2.94. The van der Waals surface area contributed by atoms with Gasteiger partial charge in [-0.3, -0.25) is 10.1 Å². The molecule has 1 saturated heterocycles. The molecule has 0 aromatic heterocycles. The van der Waals surface area contributed by atoms with E-state index in [1.165, 1.54) is 5.32 Å². The predicted octanol–water partition coefficient (Wildman–Crippen LogP) is -2.87. The van der Waals surface area contributed by atoms with Gasteiger partial charge in [0.05, 0.1) is 0 Å². The Morgan fingerprint density at radius 1 is 1.32 bits per heavy atom. The Morgan fingerprint density at radius 3 is 2.26 bits per heavy atom. The zero-order valence-corrected chi connectivity index (χ0v) is 9.18. The van der Waals surface area contributed by atoms with E-state index < -0.39 is 48.6 Å². The Bertz CT molecular complexity index is 389. The number of β-amino-alcohol motifs (C(OH)–C–C–N with tert-alkyl or cyclic N) is 1. The van der Waals surface area contributed by atoms with Crippen molar-refractivity contribution in [3.8, 4) is 0 Å². The number of carbonyl (C=O) groups excluding carboxylic acids is 1. The Hall–Kier alpha value is -1.43. The van der Waals surface area contributed by atoms with Gasteiger partial charge in [-0.05, 0) is 0 Å². The Balaban J connectivity index is 2.78. The third-order valence-corrected chi connectivity index (χ3v) is 2.66. The van der Waals surface area contributed by atoms with Gasteiger partial charge in [0.25, 0.3) is 0 Å². The number of aliphatic hydroxyl groups excluding tert-OH is 2. The monoisotopic (exact) mass is 288 g/mol. The molecule has 8 nitrogen and oxygen atoms in total. The van der Waals surface area contributed by atoms with Gasteiger partial charge in [-0.25, -0.2) is 4.79 Å². The number of halogens is 3. The first kappa shape index (κ1) is 15.6. The smallest absolute Gasteiger partial charge is 0.471 e. The van der Waals surface area contributed by atoms with E-state index in [1.807, 2.05) is 5.32 Å². The molecule has 0 spiro atoms. The number of carboxylic acid groups (broad SMARTS) is 1. The van der Waals surface area contributed by atoms with Crippen LogP contribution in [0.5, 0.6) is 0 Å². The summed E-state index contributed by atoms with van der Waals surface area (Å²) in [6, 6.07) is 0. The molecule has 1 amide bonds. The number of alkyl halides is 3. The average molecular weight is 288 g/mol. The first-order chi connectivity index (χ1) is 8.50. The Morgan fingerprint density at radius 2 is 1.84 bits per heavy atom. The van der Waals surface area contributed by atoms with Crippen molar-refractivity contribution in [1.29, 1.82) is 0 Å². The van der Waals surface area contributed by atoms with Crippen LogP contribution in [0.1, 0.15) is 0 Å². The normalized spacial score (nSPS) is 35.8. The number of rotatable bonds is 2. The molecule has 1 aliphatic rings. The SMILES string of the molecule is O=C(N[C@H]1NC[C@](O)(C(=O)O)[C@H](O)[C@@H]1O)C(F)(F)F. The lowest BCUT2D eigenvalue weighted by molar-refractivity contribution is -0.196. The van der Waals surface area contributed by atoms with Gasteiger partial charge in [0.2, 0.25) is 5.60 Å². The van der Waals surface area contributed by atoms with Gasteiger partial charge in [0.15, 0.2) is 0 Å². The van der Waals surface area contributed by atoms with Crippen molar-refractivity contribution in [2.45, 2.75) is 30.2 Å². The van der Waals surface area contributed by atoms with E-state index in [-0.39, 0.29) is 0 Å². The molecule has 0 aliphatic carbocycles. The highest BCUT2D eigenvalue weighted by molar-refractivity contribution is 5.82. The van der Waals surface area contributed by atoms with Gasteiger partial charge < -0.3 is 25.7 Å². The van der Waals surface area contributed by atoms with Crippen LogP contribution < -0.4 is 10.6 Å². The third-order valence-electron chi connectivity index (χ3n) is 2.66. The summed E-state index contributed by atoms with van der Waals surface area (Å²) in [6.07, 6.45) is -11.4. The predicted molar refractivity (Wildman–Crippen MR) is 50.6 cm³/mol. The van der Waals surface area contributed by atoms with Crippen molar-refractivity contribution in [3.63, 3.8) is 0 Å². The van der Waals surface area contributed by atoms with Crippen molar-refractivity contribution < 1.29 is 43.2 Å². The molecule has 19 heavy (non-hydrogen) atoms. The van der Waals surface area contributed by atoms with Crippen molar-refractivity contribution in [2.75, 3.05) is 6.54 Å². The maximum atomic E-state index is 12.0. The van der Waals surface area contributed by atoms with Crippen LogP contribution in [0, 0.1) is 0 Å². The van der Waals surface area contributed by atoms with Crippen LogP contribution in [-0.2, 0) is 9.59 Å². The fraction of sp³-hybridized carbons (Fsp3) is 0.750. The minimum atomic E-state index is -5.20. The molecule has 0 radical (unpaired) electrons. The molecule has 1 fully saturated rings. The number of aliphatic carboxylic acids is 1. The Kier molecular flexibility index (Phi) is 4.05. The number of hydrogen-bond donors (Lipinski definition) is 6. The summed E-state index contributed by atoms with van der Waals surface area (Å²) in [7, 11) is 0. The first-order valence-corrected chi connectivity index (χ1v) is 4.93. The van der Waals surface area contributed by atoms with Crippen molar-refractivity contribution in [3.05, 3.63) is 0 Å². The molecule has 0 bridgehead atoms. The number of hydrogen-bond acceptors (Lipinski definition) is 6. The molecule has 0 unspecified atom stereocenters. The number of nitrogens with one attached hydrogen (secondary N) is 2. The van der Waals surface area contributed by atoms with Crippen molar-refractivity contribution >= 4 is 11.9 Å².